The van der Waals surface area contributed by atoms with E-state index in [0.29, 0.717) is 23.7 Å². The Morgan fingerprint density at radius 1 is 0.946 bits per heavy atom. The second kappa shape index (κ2) is 11.3. The maximum Gasteiger partial charge on any atom is 0.262 e. The molecule has 0 atom stereocenters. The molecule has 1 aromatic heterocycles. The molecule has 0 spiro atoms. The highest BCUT2D eigenvalue weighted by Crippen LogP contribution is 2.33. The van der Waals surface area contributed by atoms with E-state index in [1.807, 2.05) is 74.4 Å². The minimum absolute atomic E-state index is 0.107. The highest BCUT2D eigenvalue weighted by molar-refractivity contribution is 6.03. The van der Waals surface area contributed by atoms with Crippen molar-refractivity contribution >= 4 is 22.5 Å². The number of fused-ring (bicyclic) bond motifs is 1. The number of ether oxygens (including phenoxy) is 2. The molecule has 0 fully saturated rings. The number of benzene rings is 3. The van der Waals surface area contributed by atoms with Gasteiger partial charge < -0.3 is 19.2 Å². The van der Waals surface area contributed by atoms with Crippen molar-refractivity contribution in [2.45, 2.75) is 13.8 Å². The summed E-state index contributed by atoms with van der Waals surface area (Å²) in [5.41, 5.74) is 6.47. The predicted octanol–water partition coefficient (Wildman–Crippen LogP) is 5.62. The Kier molecular flexibility index (Phi) is 7.94. The number of oxime groups is 1. The van der Waals surface area contributed by atoms with Crippen molar-refractivity contribution in [2.75, 3.05) is 41.5 Å². The number of likely N-dealkylation sites (N-methyl/N-ethyl adjacent to an activating group) is 1. The van der Waals surface area contributed by atoms with Gasteiger partial charge in [0.05, 0.1) is 18.3 Å². The highest BCUT2D eigenvalue weighted by atomic mass is 16.6. The van der Waals surface area contributed by atoms with Crippen molar-refractivity contribution < 1.29 is 19.1 Å². The van der Waals surface area contributed by atoms with Gasteiger partial charge in [0.2, 0.25) is 0 Å². The number of carbonyl (C=O) groups excluding carboxylic acids is 1. The second-order valence-electron chi connectivity index (χ2n) is 9.17. The predicted molar refractivity (Wildman–Crippen MR) is 148 cm³/mol. The second-order valence-corrected chi connectivity index (χ2v) is 9.17. The van der Waals surface area contributed by atoms with E-state index in [1.165, 1.54) is 0 Å². The van der Waals surface area contributed by atoms with Crippen LogP contribution in [0.5, 0.6) is 11.5 Å². The number of methoxy groups -OCH3 is 1. The number of nitrogens with zero attached hydrogens (tertiary/aromatic N) is 3. The standard InChI is InChI=1S/C30H33N3O4/c1-20-17-24(21(2)31-36-6)11-12-26(20)22-7-9-23(10-8-22)30(34)33-14-13-25-18-28(35-5)29(19-27(25)33)37-16-15-32(3)4/h7-14,17-19H,15-16H2,1-6H3. The Balaban J connectivity index is 1.60. The topological polar surface area (TPSA) is 65.3 Å². The quantitative estimate of drug-likeness (QED) is 0.221. The average molecular weight is 500 g/mol. The molecule has 4 rings (SSSR count). The van der Waals surface area contributed by atoms with E-state index in [9.17, 15) is 4.79 Å². The maximum atomic E-state index is 13.4. The van der Waals surface area contributed by atoms with Crippen molar-refractivity contribution in [1.82, 2.24) is 9.47 Å². The summed E-state index contributed by atoms with van der Waals surface area (Å²) in [4.78, 5) is 20.4. The molecule has 0 saturated carbocycles. The van der Waals surface area contributed by atoms with Crippen LogP contribution in [0, 0.1) is 6.92 Å². The molecule has 0 bridgehead atoms. The van der Waals surface area contributed by atoms with E-state index < -0.39 is 0 Å². The number of hydrogen-bond donors (Lipinski definition) is 0. The Labute approximate surface area is 217 Å². The SMILES string of the molecule is CON=C(C)c1ccc(-c2ccc(C(=O)n3ccc4cc(OC)c(OCCN(C)C)cc43)cc2)c(C)c1. The molecule has 0 saturated heterocycles. The lowest BCUT2D eigenvalue weighted by molar-refractivity contribution is 0.0965. The normalized spacial score (nSPS) is 11.7. The van der Waals surface area contributed by atoms with E-state index in [4.69, 9.17) is 14.3 Å². The lowest BCUT2D eigenvalue weighted by Gasteiger charge is -2.14. The molecular weight excluding hydrogens is 466 g/mol. The van der Waals surface area contributed by atoms with E-state index in [1.54, 1.807) is 25.0 Å². The summed E-state index contributed by atoms with van der Waals surface area (Å²) in [7, 11) is 7.15. The Bertz CT molecular complexity index is 1440. The van der Waals surface area contributed by atoms with Crippen LogP contribution >= 0.6 is 0 Å². The third-order valence-electron chi connectivity index (χ3n) is 6.31. The summed E-state index contributed by atoms with van der Waals surface area (Å²) >= 11 is 0. The summed E-state index contributed by atoms with van der Waals surface area (Å²) < 4.78 is 13.1. The van der Waals surface area contributed by atoms with E-state index >= 15 is 0 Å². The Morgan fingerprint density at radius 2 is 1.68 bits per heavy atom. The molecule has 0 aliphatic heterocycles. The molecule has 0 N–H and O–H groups in total. The molecule has 7 heteroatoms. The fourth-order valence-corrected chi connectivity index (χ4v) is 4.26. The zero-order valence-electron chi connectivity index (χ0n) is 22.2. The van der Waals surface area contributed by atoms with Crippen LogP contribution in [0.25, 0.3) is 22.0 Å². The molecule has 0 amide bonds. The molecule has 192 valence electrons. The number of aromatic nitrogens is 1. The average Bonchev–Trinajstić information content (AvgIpc) is 3.30. The van der Waals surface area contributed by atoms with E-state index in [2.05, 4.69) is 24.2 Å². The fourth-order valence-electron chi connectivity index (χ4n) is 4.26. The minimum atomic E-state index is -0.107. The molecule has 0 radical (unpaired) electrons. The lowest BCUT2D eigenvalue weighted by atomic mass is 9.96. The molecule has 3 aromatic carbocycles. The number of rotatable bonds is 9. The van der Waals surface area contributed by atoms with Gasteiger partial charge in [-0.25, -0.2) is 0 Å². The molecular formula is C30H33N3O4. The number of carbonyl (C=O) groups is 1. The lowest BCUT2D eigenvalue weighted by Crippen LogP contribution is -2.19. The smallest absolute Gasteiger partial charge is 0.262 e. The van der Waals surface area contributed by atoms with Crippen molar-refractivity contribution in [1.29, 1.82) is 0 Å². The van der Waals surface area contributed by atoms with Gasteiger partial charge in [-0.15, -0.1) is 0 Å². The van der Waals surface area contributed by atoms with Gasteiger partial charge in [0.1, 0.15) is 13.7 Å². The Hall–Kier alpha value is -4.10. The monoisotopic (exact) mass is 499 g/mol. The molecule has 0 aliphatic rings. The number of hydrogen-bond acceptors (Lipinski definition) is 6. The van der Waals surface area contributed by atoms with E-state index in [0.717, 1.165) is 45.4 Å². The summed E-state index contributed by atoms with van der Waals surface area (Å²) in [5, 5.41) is 4.92. The Morgan fingerprint density at radius 3 is 2.32 bits per heavy atom. The summed E-state index contributed by atoms with van der Waals surface area (Å²) in [6.07, 6.45) is 1.79. The van der Waals surface area contributed by atoms with Crippen LogP contribution in [0.2, 0.25) is 0 Å². The third-order valence-corrected chi connectivity index (χ3v) is 6.31. The largest absolute Gasteiger partial charge is 0.493 e. The van der Waals surface area contributed by atoms with Gasteiger partial charge in [0.15, 0.2) is 11.5 Å². The van der Waals surface area contributed by atoms with Crippen LogP contribution in [-0.4, -0.2) is 62.6 Å². The van der Waals surface area contributed by atoms with Gasteiger partial charge in [-0.05, 0) is 80.5 Å². The van der Waals surface area contributed by atoms with Crippen molar-refractivity contribution in [3.63, 3.8) is 0 Å². The van der Waals surface area contributed by atoms with Crippen LogP contribution in [0.4, 0.5) is 0 Å². The third kappa shape index (κ3) is 5.67. The summed E-state index contributed by atoms with van der Waals surface area (Å²) in [6, 6.07) is 19.6. The van der Waals surface area contributed by atoms with Crippen molar-refractivity contribution in [3.05, 3.63) is 83.6 Å². The minimum Gasteiger partial charge on any atom is -0.493 e. The molecule has 4 aromatic rings. The van der Waals surface area contributed by atoms with Crippen LogP contribution in [0.15, 0.2) is 72.0 Å². The van der Waals surface area contributed by atoms with Crippen LogP contribution in [-0.2, 0) is 4.84 Å². The van der Waals surface area contributed by atoms with Crippen LogP contribution < -0.4 is 9.47 Å². The van der Waals surface area contributed by atoms with Crippen LogP contribution in [0.3, 0.4) is 0 Å². The fraction of sp³-hybridized carbons (Fsp3) is 0.267. The highest BCUT2D eigenvalue weighted by Gasteiger charge is 2.16. The molecule has 0 unspecified atom stereocenters. The molecule has 0 aliphatic carbocycles. The zero-order valence-corrected chi connectivity index (χ0v) is 22.2. The molecule has 1 heterocycles. The first-order chi connectivity index (χ1) is 17.8. The molecule has 7 nitrogen and oxygen atoms in total. The van der Waals surface area contributed by atoms with Gasteiger partial charge in [0, 0.05) is 29.8 Å². The van der Waals surface area contributed by atoms with Gasteiger partial charge >= 0.3 is 0 Å². The van der Waals surface area contributed by atoms with Gasteiger partial charge in [-0.1, -0.05) is 29.4 Å². The van der Waals surface area contributed by atoms with Crippen molar-refractivity contribution in [2.24, 2.45) is 5.16 Å². The van der Waals surface area contributed by atoms with Crippen LogP contribution in [0.1, 0.15) is 28.4 Å². The summed E-state index contributed by atoms with van der Waals surface area (Å²) in [5.74, 6) is 1.15. The first-order valence-corrected chi connectivity index (χ1v) is 12.1. The van der Waals surface area contributed by atoms with Crippen molar-refractivity contribution in [3.8, 4) is 22.6 Å². The van der Waals surface area contributed by atoms with Gasteiger partial charge in [-0.2, -0.15) is 0 Å². The van der Waals surface area contributed by atoms with Gasteiger partial charge in [-0.3, -0.25) is 9.36 Å². The number of aryl methyl sites for hydroxylation is 1. The maximum absolute atomic E-state index is 13.4. The molecule has 37 heavy (non-hydrogen) atoms. The zero-order chi connectivity index (χ0) is 26.5. The van der Waals surface area contributed by atoms with Gasteiger partial charge in [0.25, 0.3) is 5.91 Å². The first-order valence-electron chi connectivity index (χ1n) is 12.1. The summed E-state index contributed by atoms with van der Waals surface area (Å²) in [6.45, 7) is 5.27. The first kappa shape index (κ1) is 26.0. The van der Waals surface area contributed by atoms with E-state index in [-0.39, 0.29) is 5.91 Å².